The van der Waals surface area contributed by atoms with Gasteiger partial charge in [-0.25, -0.2) is 0 Å². The summed E-state index contributed by atoms with van der Waals surface area (Å²) in [6.45, 7) is 5.10. The SMILES string of the molecule is CNC(C)C(=O)N1CCC2(CCC(=O)N(CCc3cccnc3)C2)CC1. The minimum Gasteiger partial charge on any atom is -0.342 e. The van der Waals surface area contributed by atoms with Gasteiger partial charge in [0.2, 0.25) is 11.8 Å². The standard InChI is InChI=1S/C20H30N4O2/c1-16(21-2)19(26)23-12-8-20(9-13-23)7-5-18(25)24(15-20)11-6-17-4-3-10-22-14-17/h3-4,10,14,16,21H,5-9,11-13,15H2,1-2H3. The zero-order valence-electron chi connectivity index (χ0n) is 15.9. The number of carbonyl (C=O) groups is 2. The third kappa shape index (κ3) is 4.23. The maximum Gasteiger partial charge on any atom is 0.239 e. The van der Waals surface area contributed by atoms with Gasteiger partial charge >= 0.3 is 0 Å². The molecule has 6 nitrogen and oxygen atoms in total. The van der Waals surface area contributed by atoms with Crippen LogP contribution >= 0.6 is 0 Å². The number of likely N-dealkylation sites (N-methyl/N-ethyl adjacent to an activating group) is 1. The molecule has 3 heterocycles. The lowest BCUT2D eigenvalue weighted by Gasteiger charge is -2.47. The zero-order chi connectivity index (χ0) is 18.6. The van der Waals surface area contributed by atoms with Crippen LogP contribution in [-0.4, -0.2) is 65.9 Å². The average molecular weight is 358 g/mol. The smallest absolute Gasteiger partial charge is 0.239 e. The molecule has 0 aliphatic carbocycles. The van der Waals surface area contributed by atoms with Crippen molar-refractivity contribution in [1.82, 2.24) is 20.1 Å². The molecule has 26 heavy (non-hydrogen) atoms. The Balaban J connectivity index is 1.56. The first kappa shape index (κ1) is 18.8. The van der Waals surface area contributed by atoms with E-state index in [9.17, 15) is 9.59 Å². The Hall–Kier alpha value is -1.95. The fourth-order valence-corrected chi connectivity index (χ4v) is 4.12. The van der Waals surface area contributed by atoms with Gasteiger partial charge in [-0.05, 0) is 56.7 Å². The van der Waals surface area contributed by atoms with Crippen LogP contribution in [0.1, 0.15) is 38.2 Å². The van der Waals surface area contributed by atoms with E-state index in [1.165, 1.54) is 5.56 Å². The van der Waals surface area contributed by atoms with Gasteiger partial charge < -0.3 is 15.1 Å². The van der Waals surface area contributed by atoms with E-state index in [0.29, 0.717) is 6.42 Å². The van der Waals surface area contributed by atoms with Crippen molar-refractivity contribution in [3.8, 4) is 0 Å². The first-order chi connectivity index (χ1) is 12.5. The predicted molar refractivity (Wildman–Crippen MR) is 101 cm³/mol. The molecule has 1 atom stereocenters. The van der Waals surface area contributed by atoms with Crippen molar-refractivity contribution in [3.05, 3.63) is 30.1 Å². The average Bonchev–Trinajstić information content (AvgIpc) is 2.69. The van der Waals surface area contributed by atoms with Crippen LogP contribution in [0.15, 0.2) is 24.5 Å². The summed E-state index contributed by atoms with van der Waals surface area (Å²) in [7, 11) is 1.82. The lowest BCUT2D eigenvalue weighted by atomic mass is 9.72. The summed E-state index contributed by atoms with van der Waals surface area (Å²) < 4.78 is 0. The van der Waals surface area contributed by atoms with Gasteiger partial charge in [0.25, 0.3) is 0 Å². The predicted octanol–water partition coefficient (Wildman–Crippen LogP) is 1.46. The van der Waals surface area contributed by atoms with Crippen LogP contribution in [0.5, 0.6) is 0 Å². The third-order valence-electron chi connectivity index (χ3n) is 6.08. The Morgan fingerprint density at radius 3 is 2.77 bits per heavy atom. The van der Waals surface area contributed by atoms with E-state index < -0.39 is 0 Å². The summed E-state index contributed by atoms with van der Waals surface area (Å²) in [4.78, 5) is 32.9. The summed E-state index contributed by atoms with van der Waals surface area (Å²) in [6, 6.07) is 3.87. The van der Waals surface area contributed by atoms with Crippen molar-refractivity contribution in [2.45, 2.75) is 45.1 Å². The number of carbonyl (C=O) groups excluding carboxylic acids is 2. The van der Waals surface area contributed by atoms with Gasteiger partial charge in [0.1, 0.15) is 0 Å². The molecule has 1 N–H and O–H groups in total. The van der Waals surface area contributed by atoms with Crippen LogP contribution in [0.3, 0.4) is 0 Å². The van der Waals surface area contributed by atoms with Gasteiger partial charge in [-0.2, -0.15) is 0 Å². The summed E-state index contributed by atoms with van der Waals surface area (Å²) >= 11 is 0. The van der Waals surface area contributed by atoms with Crippen LogP contribution in [0.4, 0.5) is 0 Å². The molecule has 1 spiro atoms. The molecule has 1 aromatic rings. The van der Waals surface area contributed by atoms with Crippen molar-refractivity contribution in [2.75, 3.05) is 33.2 Å². The van der Waals surface area contributed by atoms with Crippen molar-refractivity contribution in [2.24, 2.45) is 5.41 Å². The maximum absolute atomic E-state index is 12.4. The first-order valence-corrected chi connectivity index (χ1v) is 9.66. The highest BCUT2D eigenvalue weighted by Gasteiger charge is 2.41. The molecule has 2 aliphatic rings. The van der Waals surface area contributed by atoms with E-state index >= 15 is 0 Å². The lowest BCUT2D eigenvalue weighted by Crippen LogP contribution is -2.54. The molecule has 2 aliphatic heterocycles. The van der Waals surface area contributed by atoms with E-state index in [4.69, 9.17) is 0 Å². The Labute approximate surface area is 156 Å². The first-order valence-electron chi connectivity index (χ1n) is 9.66. The van der Waals surface area contributed by atoms with Crippen molar-refractivity contribution in [1.29, 1.82) is 0 Å². The van der Waals surface area contributed by atoms with E-state index in [0.717, 1.165) is 51.9 Å². The monoisotopic (exact) mass is 358 g/mol. The molecule has 1 unspecified atom stereocenters. The van der Waals surface area contributed by atoms with Crippen LogP contribution < -0.4 is 5.32 Å². The molecule has 6 heteroatoms. The van der Waals surface area contributed by atoms with Gasteiger partial charge in [-0.3, -0.25) is 14.6 Å². The second-order valence-electron chi connectivity index (χ2n) is 7.76. The van der Waals surface area contributed by atoms with E-state index in [-0.39, 0.29) is 23.3 Å². The Kier molecular flexibility index (Phi) is 5.91. The van der Waals surface area contributed by atoms with Gasteiger partial charge in [0.05, 0.1) is 6.04 Å². The summed E-state index contributed by atoms with van der Waals surface area (Å²) in [5, 5.41) is 3.03. The lowest BCUT2D eigenvalue weighted by molar-refractivity contribution is -0.143. The quantitative estimate of drug-likeness (QED) is 0.866. The molecular formula is C20H30N4O2. The molecular weight excluding hydrogens is 328 g/mol. The number of pyridine rings is 1. The molecule has 2 fully saturated rings. The van der Waals surface area contributed by atoms with Crippen LogP contribution in [0.25, 0.3) is 0 Å². The third-order valence-corrected chi connectivity index (χ3v) is 6.08. The van der Waals surface area contributed by atoms with Crippen molar-refractivity contribution < 1.29 is 9.59 Å². The summed E-state index contributed by atoms with van der Waals surface area (Å²) in [5.74, 6) is 0.449. The second kappa shape index (κ2) is 8.16. The zero-order valence-corrected chi connectivity index (χ0v) is 15.9. The van der Waals surface area contributed by atoms with E-state index in [1.54, 1.807) is 6.20 Å². The van der Waals surface area contributed by atoms with Crippen LogP contribution in [0, 0.1) is 5.41 Å². The number of rotatable bonds is 5. The highest BCUT2D eigenvalue weighted by atomic mass is 16.2. The number of hydrogen-bond donors (Lipinski definition) is 1. The molecule has 3 rings (SSSR count). The molecule has 0 bridgehead atoms. The second-order valence-corrected chi connectivity index (χ2v) is 7.76. The van der Waals surface area contributed by atoms with Crippen molar-refractivity contribution >= 4 is 11.8 Å². The Morgan fingerprint density at radius 1 is 1.35 bits per heavy atom. The van der Waals surface area contributed by atoms with Gasteiger partial charge in [0.15, 0.2) is 0 Å². The molecule has 2 saturated heterocycles. The van der Waals surface area contributed by atoms with Crippen LogP contribution in [0.2, 0.25) is 0 Å². The number of amides is 2. The number of nitrogens with one attached hydrogen (secondary N) is 1. The molecule has 0 radical (unpaired) electrons. The number of hydrogen-bond acceptors (Lipinski definition) is 4. The van der Waals surface area contributed by atoms with E-state index in [2.05, 4.69) is 16.4 Å². The number of nitrogens with zero attached hydrogens (tertiary/aromatic N) is 3. The number of piperidine rings is 2. The molecule has 0 saturated carbocycles. The molecule has 2 amide bonds. The van der Waals surface area contributed by atoms with E-state index in [1.807, 2.05) is 36.0 Å². The summed E-state index contributed by atoms with van der Waals surface area (Å²) in [6.07, 6.45) is 8.07. The number of aromatic nitrogens is 1. The normalized spacial score (nSPS) is 21.1. The fourth-order valence-electron chi connectivity index (χ4n) is 4.12. The highest BCUT2D eigenvalue weighted by Crippen LogP contribution is 2.40. The number of likely N-dealkylation sites (tertiary alicyclic amines) is 2. The molecule has 0 aromatic carbocycles. The van der Waals surface area contributed by atoms with Crippen LogP contribution in [-0.2, 0) is 16.0 Å². The maximum atomic E-state index is 12.4. The van der Waals surface area contributed by atoms with Crippen molar-refractivity contribution in [3.63, 3.8) is 0 Å². The topological polar surface area (TPSA) is 65.5 Å². The molecule has 142 valence electrons. The largest absolute Gasteiger partial charge is 0.342 e. The van der Waals surface area contributed by atoms with Gasteiger partial charge in [-0.1, -0.05) is 6.07 Å². The highest BCUT2D eigenvalue weighted by molar-refractivity contribution is 5.81. The Bertz CT molecular complexity index is 626. The minimum absolute atomic E-state index is 0.132. The molecule has 1 aromatic heterocycles. The van der Waals surface area contributed by atoms with Gasteiger partial charge in [-0.15, -0.1) is 0 Å². The van der Waals surface area contributed by atoms with Gasteiger partial charge in [0, 0.05) is 45.0 Å². The summed E-state index contributed by atoms with van der Waals surface area (Å²) in [5.41, 5.74) is 1.35. The minimum atomic E-state index is -0.132. The Morgan fingerprint density at radius 2 is 2.12 bits per heavy atom. The fraction of sp³-hybridized carbons (Fsp3) is 0.650.